The normalized spacial score (nSPS) is 35.5. The van der Waals surface area contributed by atoms with Crippen LogP contribution in [0, 0.1) is 0 Å². The number of hydrogen-bond acceptors (Lipinski definition) is 2. The molecule has 0 aromatic carbocycles. The molecular formula is C11H20N2O. The molecule has 2 fully saturated rings. The molecule has 0 aromatic heterocycles. The van der Waals surface area contributed by atoms with Crippen LogP contribution < -0.4 is 5.73 Å². The maximum Gasteiger partial charge on any atom is 0.243 e. The number of carbonyl (C=O) groups excluding carboxylic acids is 1. The number of hydrogen-bond donors (Lipinski definition) is 1. The molecule has 2 rings (SSSR count). The Balaban J connectivity index is 2.10. The molecule has 1 heterocycles. The Hall–Kier alpha value is -0.570. The lowest BCUT2D eigenvalue weighted by Crippen LogP contribution is -2.54. The zero-order chi connectivity index (χ0) is 10.3. The zero-order valence-corrected chi connectivity index (χ0v) is 9.12. The van der Waals surface area contributed by atoms with Gasteiger partial charge >= 0.3 is 0 Å². The molecule has 1 aliphatic heterocycles. The summed E-state index contributed by atoms with van der Waals surface area (Å²) < 4.78 is 0. The van der Waals surface area contributed by atoms with E-state index in [1.807, 2.05) is 4.90 Å². The number of nitrogens with zero attached hydrogens (tertiary/aromatic N) is 1. The van der Waals surface area contributed by atoms with Crippen LogP contribution in [0.5, 0.6) is 0 Å². The fourth-order valence-electron chi connectivity index (χ4n) is 2.43. The Morgan fingerprint density at radius 2 is 1.79 bits per heavy atom. The van der Waals surface area contributed by atoms with E-state index < -0.39 is 5.54 Å². The van der Waals surface area contributed by atoms with Crippen molar-refractivity contribution in [2.45, 2.75) is 63.6 Å². The van der Waals surface area contributed by atoms with Gasteiger partial charge in [-0.3, -0.25) is 4.79 Å². The molecule has 14 heavy (non-hydrogen) atoms. The summed E-state index contributed by atoms with van der Waals surface area (Å²) in [5, 5.41) is 0. The summed E-state index contributed by atoms with van der Waals surface area (Å²) in [6.45, 7) is 4.28. The fraction of sp³-hybridized carbons (Fsp3) is 0.909. The van der Waals surface area contributed by atoms with Gasteiger partial charge in [0.05, 0.1) is 5.54 Å². The molecule has 2 N–H and O–H groups in total. The highest BCUT2D eigenvalue weighted by molar-refractivity contribution is 5.89. The van der Waals surface area contributed by atoms with Gasteiger partial charge in [0.1, 0.15) is 0 Å². The lowest BCUT2D eigenvalue weighted by Gasteiger charge is -2.40. The van der Waals surface area contributed by atoms with Crippen LogP contribution in [0.3, 0.4) is 0 Å². The van der Waals surface area contributed by atoms with Crippen molar-refractivity contribution in [1.82, 2.24) is 4.90 Å². The van der Waals surface area contributed by atoms with Gasteiger partial charge in [-0.05, 0) is 46.0 Å². The summed E-state index contributed by atoms with van der Waals surface area (Å²) in [6, 6.07) is 0.763. The van der Waals surface area contributed by atoms with Crippen molar-refractivity contribution in [2.24, 2.45) is 5.73 Å². The first-order chi connectivity index (χ1) is 6.54. The SMILES string of the molecule is C[C@@H]1CCC[C@H](C)N1C(=O)C1(N)CC1. The molecule has 80 valence electrons. The number of amides is 1. The van der Waals surface area contributed by atoms with Gasteiger partial charge in [-0.2, -0.15) is 0 Å². The summed E-state index contributed by atoms with van der Waals surface area (Å²) in [5.41, 5.74) is 5.47. The van der Waals surface area contributed by atoms with Crippen molar-refractivity contribution in [3.05, 3.63) is 0 Å². The fourth-order valence-corrected chi connectivity index (χ4v) is 2.43. The van der Waals surface area contributed by atoms with Crippen LogP contribution >= 0.6 is 0 Å². The number of piperidine rings is 1. The Kier molecular flexibility index (Phi) is 2.30. The Labute approximate surface area is 85.6 Å². The lowest BCUT2D eigenvalue weighted by atomic mass is 9.96. The van der Waals surface area contributed by atoms with Gasteiger partial charge in [-0.25, -0.2) is 0 Å². The van der Waals surface area contributed by atoms with E-state index in [1.165, 1.54) is 6.42 Å². The molecule has 0 radical (unpaired) electrons. The van der Waals surface area contributed by atoms with Crippen LogP contribution in [0.15, 0.2) is 0 Å². The molecule has 3 heteroatoms. The molecule has 1 amide bonds. The minimum Gasteiger partial charge on any atom is -0.336 e. The highest BCUT2D eigenvalue weighted by Crippen LogP contribution is 2.37. The topological polar surface area (TPSA) is 46.3 Å². The second kappa shape index (κ2) is 3.23. The largest absolute Gasteiger partial charge is 0.336 e. The average molecular weight is 196 g/mol. The van der Waals surface area contributed by atoms with Crippen molar-refractivity contribution >= 4 is 5.91 Å². The van der Waals surface area contributed by atoms with E-state index in [0.29, 0.717) is 12.1 Å². The van der Waals surface area contributed by atoms with E-state index in [0.717, 1.165) is 25.7 Å². The second-order valence-electron chi connectivity index (χ2n) is 5.00. The molecule has 1 saturated heterocycles. The van der Waals surface area contributed by atoms with E-state index in [2.05, 4.69) is 13.8 Å². The molecular weight excluding hydrogens is 176 g/mol. The number of rotatable bonds is 1. The van der Waals surface area contributed by atoms with Gasteiger partial charge in [-0.1, -0.05) is 0 Å². The summed E-state index contributed by atoms with van der Waals surface area (Å²) >= 11 is 0. The molecule has 0 spiro atoms. The van der Waals surface area contributed by atoms with E-state index >= 15 is 0 Å². The third kappa shape index (κ3) is 1.54. The molecule has 0 unspecified atom stereocenters. The lowest BCUT2D eigenvalue weighted by molar-refractivity contribution is -0.139. The molecule has 3 nitrogen and oxygen atoms in total. The first kappa shape index (κ1) is 9.97. The van der Waals surface area contributed by atoms with Gasteiger partial charge in [0.2, 0.25) is 5.91 Å². The summed E-state index contributed by atoms with van der Waals surface area (Å²) in [6.07, 6.45) is 5.26. The number of likely N-dealkylation sites (tertiary alicyclic amines) is 1. The zero-order valence-electron chi connectivity index (χ0n) is 9.12. The predicted octanol–water partition coefficient (Wildman–Crippen LogP) is 1.27. The third-order valence-corrected chi connectivity index (χ3v) is 3.64. The smallest absolute Gasteiger partial charge is 0.243 e. The van der Waals surface area contributed by atoms with Crippen LogP contribution in [0.4, 0.5) is 0 Å². The van der Waals surface area contributed by atoms with Crippen molar-refractivity contribution in [3.8, 4) is 0 Å². The van der Waals surface area contributed by atoms with Crippen LogP contribution in [0.1, 0.15) is 46.0 Å². The summed E-state index contributed by atoms with van der Waals surface area (Å²) in [7, 11) is 0. The van der Waals surface area contributed by atoms with E-state index in [4.69, 9.17) is 5.73 Å². The molecule has 2 atom stereocenters. The molecule has 0 aromatic rings. The summed E-state index contributed by atoms with van der Waals surface area (Å²) in [4.78, 5) is 14.1. The minimum absolute atomic E-state index is 0.192. The van der Waals surface area contributed by atoms with Gasteiger partial charge in [0.25, 0.3) is 0 Å². The highest BCUT2D eigenvalue weighted by Gasteiger charge is 2.50. The molecule has 0 bridgehead atoms. The van der Waals surface area contributed by atoms with Crippen LogP contribution in [-0.2, 0) is 4.79 Å². The van der Waals surface area contributed by atoms with Gasteiger partial charge in [-0.15, -0.1) is 0 Å². The van der Waals surface area contributed by atoms with Gasteiger partial charge < -0.3 is 10.6 Å². The quantitative estimate of drug-likeness (QED) is 0.686. The standard InChI is InChI=1S/C11H20N2O/c1-8-4-3-5-9(2)13(8)10(14)11(12)6-7-11/h8-9H,3-7,12H2,1-2H3/t8-,9+. The maximum absolute atomic E-state index is 12.1. The second-order valence-corrected chi connectivity index (χ2v) is 5.00. The molecule has 1 saturated carbocycles. The Morgan fingerprint density at radius 1 is 1.29 bits per heavy atom. The predicted molar refractivity (Wildman–Crippen MR) is 55.8 cm³/mol. The van der Waals surface area contributed by atoms with Crippen LogP contribution in [0.2, 0.25) is 0 Å². The number of carbonyl (C=O) groups is 1. The van der Waals surface area contributed by atoms with Crippen molar-refractivity contribution in [1.29, 1.82) is 0 Å². The van der Waals surface area contributed by atoms with Crippen molar-refractivity contribution < 1.29 is 4.79 Å². The van der Waals surface area contributed by atoms with Crippen LogP contribution in [0.25, 0.3) is 0 Å². The minimum atomic E-state index is -0.486. The first-order valence-corrected chi connectivity index (χ1v) is 5.66. The Bertz CT molecular complexity index is 238. The highest BCUT2D eigenvalue weighted by atomic mass is 16.2. The third-order valence-electron chi connectivity index (χ3n) is 3.64. The average Bonchev–Trinajstić information content (AvgIpc) is 2.84. The number of nitrogens with two attached hydrogens (primary N) is 1. The summed E-state index contributed by atoms with van der Waals surface area (Å²) in [5.74, 6) is 0.192. The van der Waals surface area contributed by atoms with Gasteiger partial charge in [0, 0.05) is 12.1 Å². The van der Waals surface area contributed by atoms with Crippen LogP contribution in [-0.4, -0.2) is 28.4 Å². The van der Waals surface area contributed by atoms with Crippen molar-refractivity contribution in [2.75, 3.05) is 0 Å². The van der Waals surface area contributed by atoms with Crippen molar-refractivity contribution in [3.63, 3.8) is 0 Å². The van der Waals surface area contributed by atoms with E-state index in [9.17, 15) is 4.79 Å². The first-order valence-electron chi connectivity index (χ1n) is 5.66. The monoisotopic (exact) mass is 196 g/mol. The molecule has 2 aliphatic rings. The molecule has 1 aliphatic carbocycles. The van der Waals surface area contributed by atoms with E-state index in [-0.39, 0.29) is 5.91 Å². The van der Waals surface area contributed by atoms with E-state index in [1.54, 1.807) is 0 Å². The van der Waals surface area contributed by atoms with Gasteiger partial charge in [0.15, 0.2) is 0 Å². The maximum atomic E-state index is 12.1. The Morgan fingerprint density at radius 3 is 2.21 bits per heavy atom.